The standard InChI is InChI=1S/C19H16ClF3N2O3/c1-28-16-8-10(20)6-7-12(16)17(26)24-25-18(27)14-9-13(14)11-4-2-3-5-15(11)19(21,22)23/h2-8,13-14H,9H2,1H3,(H,24,26)(H,25,27). The predicted molar refractivity (Wildman–Crippen MR) is 95.9 cm³/mol. The minimum Gasteiger partial charge on any atom is -0.496 e. The second kappa shape index (κ2) is 7.71. The van der Waals surface area contributed by atoms with Gasteiger partial charge in [-0.1, -0.05) is 29.8 Å². The summed E-state index contributed by atoms with van der Waals surface area (Å²) in [6.07, 6.45) is -4.21. The van der Waals surface area contributed by atoms with Gasteiger partial charge in [0.05, 0.1) is 18.2 Å². The highest BCUT2D eigenvalue weighted by atomic mass is 35.5. The summed E-state index contributed by atoms with van der Waals surface area (Å²) in [6.45, 7) is 0. The van der Waals surface area contributed by atoms with E-state index in [1.807, 2.05) is 0 Å². The summed E-state index contributed by atoms with van der Waals surface area (Å²) in [4.78, 5) is 24.5. The van der Waals surface area contributed by atoms with Gasteiger partial charge in [-0.2, -0.15) is 13.2 Å². The predicted octanol–water partition coefficient (Wildman–Crippen LogP) is 3.93. The van der Waals surface area contributed by atoms with Gasteiger partial charge in [0.1, 0.15) is 5.75 Å². The van der Waals surface area contributed by atoms with Crippen LogP contribution in [-0.4, -0.2) is 18.9 Å². The van der Waals surface area contributed by atoms with Crippen LogP contribution in [0.1, 0.15) is 33.8 Å². The summed E-state index contributed by atoms with van der Waals surface area (Å²) in [5.74, 6) is -2.14. The van der Waals surface area contributed by atoms with Crippen LogP contribution in [-0.2, 0) is 11.0 Å². The lowest BCUT2D eigenvalue weighted by molar-refractivity contribution is -0.138. The van der Waals surface area contributed by atoms with Crippen LogP contribution in [0.4, 0.5) is 13.2 Å². The number of carbonyl (C=O) groups is 2. The lowest BCUT2D eigenvalue weighted by Crippen LogP contribution is -2.42. The second-order valence-corrected chi connectivity index (χ2v) is 6.76. The zero-order chi connectivity index (χ0) is 20.5. The van der Waals surface area contributed by atoms with Crippen LogP contribution in [0.25, 0.3) is 0 Å². The molecule has 0 radical (unpaired) electrons. The van der Waals surface area contributed by atoms with Gasteiger partial charge >= 0.3 is 6.18 Å². The number of benzene rings is 2. The van der Waals surface area contributed by atoms with E-state index in [2.05, 4.69) is 10.9 Å². The molecule has 2 N–H and O–H groups in total. The Morgan fingerprint density at radius 3 is 2.54 bits per heavy atom. The van der Waals surface area contributed by atoms with E-state index in [1.165, 1.54) is 43.5 Å². The molecule has 1 aliphatic carbocycles. The van der Waals surface area contributed by atoms with E-state index in [4.69, 9.17) is 16.3 Å². The van der Waals surface area contributed by atoms with E-state index < -0.39 is 35.4 Å². The van der Waals surface area contributed by atoms with E-state index in [0.717, 1.165) is 6.07 Å². The fraction of sp³-hybridized carbons (Fsp3) is 0.263. The first-order chi connectivity index (χ1) is 13.2. The van der Waals surface area contributed by atoms with E-state index in [1.54, 1.807) is 0 Å². The molecule has 2 atom stereocenters. The Morgan fingerprint density at radius 1 is 1.14 bits per heavy atom. The van der Waals surface area contributed by atoms with Crippen molar-refractivity contribution in [2.24, 2.45) is 5.92 Å². The lowest BCUT2D eigenvalue weighted by atomic mass is 10.0. The van der Waals surface area contributed by atoms with Gasteiger partial charge in [-0.3, -0.25) is 20.4 Å². The number of rotatable bonds is 4. The molecule has 0 spiro atoms. The minimum absolute atomic E-state index is 0.0841. The van der Waals surface area contributed by atoms with Crippen LogP contribution in [0, 0.1) is 5.92 Å². The molecule has 148 valence electrons. The Balaban J connectivity index is 1.63. The molecule has 5 nitrogen and oxygen atoms in total. The Morgan fingerprint density at radius 2 is 1.86 bits per heavy atom. The van der Waals surface area contributed by atoms with Gasteiger partial charge in [0, 0.05) is 10.9 Å². The summed E-state index contributed by atoms with van der Waals surface area (Å²) in [7, 11) is 1.37. The molecular formula is C19H16ClF3N2O3. The molecule has 1 aliphatic rings. The van der Waals surface area contributed by atoms with E-state index in [0.29, 0.717) is 5.02 Å². The highest BCUT2D eigenvalue weighted by molar-refractivity contribution is 6.30. The first kappa shape index (κ1) is 20.0. The number of amides is 2. The van der Waals surface area contributed by atoms with Crippen molar-refractivity contribution in [1.29, 1.82) is 0 Å². The molecule has 0 heterocycles. The van der Waals surface area contributed by atoms with E-state index >= 15 is 0 Å². The third-order valence-corrected chi connectivity index (χ3v) is 4.74. The number of alkyl halides is 3. The van der Waals surface area contributed by atoms with Gasteiger partial charge in [-0.15, -0.1) is 0 Å². The highest BCUT2D eigenvalue weighted by Gasteiger charge is 2.48. The third-order valence-electron chi connectivity index (χ3n) is 4.50. The van der Waals surface area contributed by atoms with Crippen LogP contribution >= 0.6 is 11.6 Å². The molecule has 2 amide bonds. The first-order valence-corrected chi connectivity index (χ1v) is 8.70. The van der Waals surface area contributed by atoms with Crippen LogP contribution < -0.4 is 15.6 Å². The Kier molecular flexibility index (Phi) is 5.51. The van der Waals surface area contributed by atoms with Gasteiger partial charge in [-0.05, 0) is 42.2 Å². The average Bonchev–Trinajstić information content (AvgIpc) is 3.45. The lowest BCUT2D eigenvalue weighted by Gasteiger charge is -2.13. The molecule has 0 saturated heterocycles. The maximum atomic E-state index is 13.1. The monoisotopic (exact) mass is 412 g/mol. The van der Waals surface area contributed by atoms with E-state index in [-0.39, 0.29) is 23.3 Å². The smallest absolute Gasteiger partial charge is 0.416 e. The SMILES string of the molecule is COc1cc(Cl)ccc1C(=O)NNC(=O)C1CC1c1ccccc1C(F)(F)F. The molecule has 9 heteroatoms. The molecule has 2 unspecified atom stereocenters. The van der Waals surface area contributed by atoms with Crippen molar-refractivity contribution in [3.63, 3.8) is 0 Å². The molecule has 0 aliphatic heterocycles. The third kappa shape index (κ3) is 4.22. The summed E-state index contributed by atoms with van der Waals surface area (Å²) in [5.41, 5.74) is 4.00. The van der Waals surface area contributed by atoms with Crippen molar-refractivity contribution >= 4 is 23.4 Å². The number of hydrogen-bond acceptors (Lipinski definition) is 3. The normalized spacial score (nSPS) is 18.3. The van der Waals surface area contributed by atoms with Crippen molar-refractivity contribution in [3.8, 4) is 5.75 Å². The van der Waals surface area contributed by atoms with Crippen LogP contribution in [0.3, 0.4) is 0 Å². The zero-order valence-corrected chi connectivity index (χ0v) is 15.4. The molecule has 1 saturated carbocycles. The number of carbonyl (C=O) groups excluding carboxylic acids is 2. The topological polar surface area (TPSA) is 67.4 Å². The summed E-state index contributed by atoms with van der Waals surface area (Å²) in [6, 6.07) is 9.56. The molecule has 0 aromatic heterocycles. The van der Waals surface area contributed by atoms with Crippen LogP contribution in [0.5, 0.6) is 5.75 Å². The Bertz CT molecular complexity index is 918. The Labute approximate surface area is 163 Å². The zero-order valence-electron chi connectivity index (χ0n) is 14.6. The quantitative estimate of drug-likeness (QED) is 0.748. The number of ether oxygens (including phenoxy) is 1. The fourth-order valence-electron chi connectivity index (χ4n) is 3.04. The first-order valence-electron chi connectivity index (χ1n) is 8.32. The molecular weight excluding hydrogens is 397 g/mol. The fourth-order valence-corrected chi connectivity index (χ4v) is 3.20. The summed E-state index contributed by atoms with van der Waals surface area (Å²) < 4.78 is 44.5. The second-order valence-electron chi connectivity index (χ2n) is 6.32. The summed E-state index contributed by atoms with van der Waals surface area (Å²) in [5, 5.41) is 0.376. The molecule has 3 rings (SSSR count). The van der Waals surface area contributed by atoms with Gasteiger partial charge in [0.15, 0.2) is 0 Å². The minimum atomic E-state index is -4.49. The largest absolute Gasteiger partial charge is 0.496 e. The van der Waals surface area contributed by atoms with Crippen LogP contribution in [0.15, 0.2) is 42.5 Å². The average molecular weight is 413 g/mol. The van der Waals surface area contributed by atoms with Crippen molar-refractivity contribution in [1.82, 2.24) is 10.9 Å². The van der Waals surface area contributed by atoms with Crippen molar-refractivity contribution in [2.75, 3.05) is 7.11 Å². The summed E-state index contributed by atoms with van der Waals surface area (Å²) >= 11 is 5.84. The number of hydrogen-bond donors (Lipinski definition) is 2. The maximum Gasteiger partial charge on any atom is 0.416 e. The Hall–Kier alpha value is -2.74. The van der Waals surface area contributed by atoms with Gasteiger partial charge in [0.2, 0.25) is 5.91 Å². The van der Waals surface area contributed by atoms with Crippen LogP contribution in [0.2, 0.25) is 5.02 Å². The van der Waals surface area contributed by atoms with Crippen molar-refractivity contribution < 1.29 is 27.5 Å². The van der Waals surface area contributed by atoms with Gasteiger partial charge in [-0.25, -0.2) is 0 Å². The highest BCUT2D eigenvalue weighted by Crippen LogP contribution is 2.50. The molecule has 1 fully saturated rings. The van der Waals surface area contributed by atoms with E-state index in [9.17, 15) is 22.8 Å². The van der Waals surface area contributed by atoms with Crippen molar-refractivity contribution in [2.45, 2.75) is 18.5 Å². The molecule has 2 aromatic carbocycles. The molecule has 0 bridgehead atoms. The van der Waals surface area contributed by atoms with Gasteiger partial charge in [0.25, 0.3) is 5.91 Å². The molecule has 2 aromatic rings. The number of halogens is 4. The number of nitrogens with one attached hydrogen (secondary N) is 2. The number of hydrazine groups is 1. The van der Waals surface area contributed by atoms with Crippen molar-refractivity contribution in [3.05, 3.63) is 64.2 Å². The maximum absolute atomic E-state index is 13.1. The molecule has 28 heavy (non-hydrogen) atoms. The van der Waals surface area contributed by atoms with Gasteiger partial charge < -0.3 is 4.74 Å². The number of methoxy groups -OCH3 is 1.